The highest BCUT2D eigenvalue weighted by atomic mass is 16.5. The van der Waals surface area contributed by atoms with E-state index in [0.29, 0.717) is 29.3 Å². The largest absolute Gasteiger partial charge is 0.469 e. The molecule has 5 aliphatic carbocycles. The lowest BCUT2D eigenvalue weighted by atomic mass is 9.33. The number of hydrogen-bond acceptors (Lipinski definition) is 3. The molecule has 3 heteroatoms. The van der Waals surface area contributed by atoms with Crippen molar-refractivity contribution in [2.75, 3.05) is 14.2 Å². The summed E-state index contributed by atoms with van der Waals surface area (Å²) in [6.07, 6.45) is 14.6. The third-order valence-electron chi connectivity index (χ3n) is 13.5. The lowest BCUT2D eigenvalue weighted by Crippen LogP contribution is -2.65. The van der Waals surface area contributed by atoms with E-state index in [1.165, 1.54) is 32.1 Å². The summed E-state index contributed by atoms with van der Waals surface area (Å²) in [6.45, 7) is 17.7. The minimum atomic E-state index is -0.307. The number of carbonyl (C=O) groups is 1. The van der Waals surface area contributed by atoms with E-state index in [1.54, 1.807) is 12.7 Å². The summed E-state index contributed by atoms with van der Waals surface area (Å²) in [7, 11) is 3.52. The van der Waals surface area contributed by atoms with Gasteiger partial charge in [-0.2, -0.15) is 0 Å². The average Bonchev–Trinajstić information content (AvgIpc) is 2.78. The van der Waals surface area contributed by atoms with Crippen LogP contribution in [0.2, 0.25) is 0 Å². The van der Waals surface area contributed by atoms with E-state index in [9.17, 15) is 4.79 Å². The van der Waals surface area contributed by atoms with Gasteiger partial charge in [-0.1, -0.05) is 60.1 Å². The molecule has 4 fully saturated rings. The average molecular weight is 485 g/mol. The fourth-order valence-electron chi connectivity index (χ4n) is 11.2. The van der Waals surface area contributed by atoms with Gasteiger partial charge in [0.1, 0.15) is 0 Å². The van der Waals surface area contributed by atoms with Crippen LogP contribution in [-0.4, -0.2) is 26.3 Å². The van der Waals surface area contributed by atoms with Crippen LogP contribution >= 0.6 is 0 Å². The molecule has 198 valence electrons. The first kappa shape index (κ1) is 25.8. The van der Waals surface area contributed by atoms with Crippen LogP contribution in [-0.2, 0) is 14.3 Å². The number of esters is 1. The smallest absolute Gasteiger partial charge is 0.312 e. The van der Waals surface area contributed by atoms with Crippen molar-refractivity contribution in [1.29, 1.82) is 0 Å². The molecule has 8 atom stereocenters. The third kappa shape index (κ3) is 3.21. The first-order valence-corrected chi connectivity index (χ1v) is 14.5. The van der Waals surface area contributed by atoms with Crippen molar-refractivity contribution in [1.82, 2.24) is 0 Å². The maximum absolute atomic E-state index is 13.4. The molecule has 5 aliphatic rings. The lowest BCUT2D eigenvalue weighted by molar-refractivity contribution is -0.209. The van der Waals surface area contributed by atoms with Crippen molar-refractivity contribution in [3.63, 3.8) is 0 Å². The number of hydrogen-bond donors (Lipinski definition) is 0. The molecule has 0 amide bonds. The highest BCUT2D eigenvalue weighted by Crippen LogP contribution is 2.75. The van der Waals surface area contributed by atoms with E-state index in [0.717, 1.165) is 32.1 Å². The Bertz CT molecular complexity index is 916. The minimum absolute atomic E-state index is 0.0588. The van der Waals surface area contributed by atoms with Gasteiger partial charge in [0.25, 0.3) is 0 Å². The molecule has 2 unspecified atom stereocenters. The van der Waals surface area contributed by atoms with Crippen molar-refractivity contribution >= 4 is 5.97 Å². The SMILES string of the molecule is COC(=O)[C@]12CCC(C)(C)C[C@H]1C1=CCC3[C@@]4(C)CC[C@H](OC)C(C)(C)C4CC[C@@]3(C)[C@]1(C)CC2. The number of ether oxygens (including phenoxy) is 2. The molecular weight excluding hydrogens is 432 g/mol. The molecule has 0 aromatic heterocycles. The molecule has 0 bridgehead atoms. The van der Waals surface area contributed by atoms with Gasteiger partial charge in [0.05, 0.1) is 18.6 Å². The molecule has 0 radical (unpaired) electrons. The summed E-state index contributed by atoms with van der Waals surface area (Å²) < 4.78 is 11.5. The normalized spacial score (nSPS) is 50.0. The molecule has 0 N–H and O–H groups in total. The minimum Gasteiger partial charge on any atom is -0.469 e. The summed E-state index contributed by atoms with van der Waals surface area (Å²) >= 11 is 0. The van der Waals surface area contributed by atoms with E-state index in [-0.39, 0.29) is 33.0 Å². The van der Waals surface area contributed by atoms with Crippen LogP contribution in [0.3, 0.4) is 0 Å². The Morgan fingerprint density at radius 1 is 0.857 bits per heavy atom. The Balaban J connectivity index is 1.58. The summed E-state index contributed by atoms with van der Waals surface area (Å²) in [5, 5.41) is 0. The van der Waals surface area contributed by atoms with E-state index >= 15 is 0 Å². The van der Waals surface area contributed by atoms with Crippen molar-refractivity contribution in [2.45, 2.75) is 119 Å². The molecule has 0 aromatic rings. The highest BCUT2D eigenvalue weighted by Gasteiger charge is 2.69. The number of fused-ring (bicyclic) bond motifs is 7. The molecule has 0 aromatic carbocycles. The fourth-order valence-corrected chi connectivity index (χ4v) is 11.2. The van der Waals surface area contributed by atoms with Crippen LogP contribution in [0.15, 0.2) is 11.6 Å². The first-order valence-electron chi connectivity index (χ1n) is 14.5. The summed E-state index contributed by atoms with van der Waals surface area (Å²) in [5.41, 5.74) is 2.62. The number of carbonyl (C=O) groups excluding carboxylic acids is 1. The first-order chi connectivity index (χ1) is 16.2. The Morgan fingerprint density at radius 2 is 1.54 bits per heavy atom. The van der Waals surface area contributed by atoms with E-state index in [2.05, 4.69) is 54.5 Å². The molecular formula is C32H52O3. The molecule has 0 aliphatic heterocycles. The van der Waals surface area contributed by atoms with Gasteiger partial charge < -0.3 is 9.47 Å². The van der Waals surface area contributed by atoms with Gasteiger partial charge in [0.15, 0.2) is 0 Å². The van der Waals surface area contributed by atoms with Crippen LogP contribution in [0.25, 0.3) is 0 Å². The quantitative estimate of drug-likeness (QED) is 0.294. The van der Waals surface area contributed by atoms with Gasteiger partial charge in [-0.25, -0.2) is 0 Å². The van der Waals surface area contributed by atoms with Crippen molar-refractivity contribution in [3.05, 3.63) is 11.6 Å². The highest BCUT2D eigenvalue weighted by molar-refractivity contribution is 5.78. The van der Waals surface area contributed by atoms with Crippen LogP contribution in [0.4, 0.5) is 0 Å². The lowest BCUT2D eigenvalue weighted by Gasteiger charge is -2.71. The molecule has 0 spiro atoms. The molecule has 0 saturated heterocycles. The van der Waals surface area contributed by atoms with E-state index in [1.807, 2.05) is 7.11 Å². The molecule has 3 nitrogen and oxygen atoms in total. The Morgan fingerprint density at radius 3 is 2.20 bits per heavy atom. The van der Waals surface area contributed by atoms with Crippen molar-refractivity contribution in [3.8, 4) is 0 Å². The second kappa shape index (κ2) is 7.84. The fraction of sp³-hybridized carbons (Fsp3) is 0.906. The third-order valence-corrected chi connectivity index (χ3v) is 13.5. The Hall–Kier alpha value is -0.830. The Labute approximate surface area is 215 Å². The zero-order valence-corrected chi connectivity index (χ0v) is 24.2. The van der Waals surface area contributed by atoms with Gasteiger partial charge in [0.2, 0.25) is 0 Å². The molecule has 0 heterocycles. The van der Waals surface area contributed by atoms with E-state index < -0.39 is 0 Å². The van der Waals surface area contributed by atoms with Crippen LogP contribution in [0, 0.1) is 50.2 Å². The number of rotatable bonds is 2. The van der Waals surface area contributed by atoms with E-state index in [4.69, 9.17) is 9.47 Å². The maximum atomic E-state index is 13.4. The van der Waals surface area contributed by atoms with Crippen molar-refractivity contribution < 1.29 is 14.3 Å². The topological polar surface area (TPSA) is 35.5 Å². The summed E-state index contributed by atoms with van der Waals surface area (Å²) in [6, 6.07) is 0. The zero-order valence-electron chi connectivity index (χ0n) is 24.2. The van der Waals surface area contributed by atoms with Gasteiger partial charge in [-0.05, 0) is 109 Å². The second-order valence-corrected chi connectivity index (χ2v) is 15.4. The monoisotopic (exact) mass is 484 g/mol. The maximum Gasteiger partial charge on any atom is 0.312 e. The standard InChI is InChI=1S/C32H52O3/c1-27(2)16-18-32(26(33)35-9)19-17-30(6)21(22(32)20-27)10-11-24-29(5)14-13-25(34-8)28(3,4)23(29)12-15-31(24,30)7/h10,22-25H,11-20H2,1-9H3/t22-,23?,24?,25-,29-,30+,31+,32-/m0/s1. The van der Waals surface area contributed by atoms with Crippen LogP contribution in [0.5, 0.6) is 0 Å². The Kier molecular flexibility index (Phi) is 5.78. The van der Waals surface area contributed by atoms with Crippen LogP contribution in [0.1, 0.15) is 113 Å². The predicted octanol–water partition coefficient (Wildman–Crippen LogP) is 7.98. The zero-order chi connectivity index (χ0) is 25.7. The van der Waals surface area contributed by atoms with Gasteiger partial charge in [-0.3, -0.25) is 4.79 Å². The van der Waals surface area contributed by atoms with Gasteiger partial charge >= 0.3 is 5.97 Å². The van der Waals surface area contributed by atoms with Gasteiger partial charge in [-0.15, -0.1) is 0 Å². The predicted molar refractivity (Wildman–Crippen MR) is 142 cm³/mol. The molecule has 35 heavy (non-hydrogen) atoms. The van der Waals surface area contributed by atoms with Crippen LogP contribution < -0.4 is 0 Å². The molecule has 4 saturated carbocycles. The second-order valence-electron chi connectivity index (χ2n) is 15.4. The number of methoxy groups -OCH3 is 2. The van der Waals surface area contributed by atoms with Crippen molar-refractivity contribution in [2.24, 2.45) is 50.2 Å². The van der Waals surface area contributed by atoms with Gasteiger partial charge in [0, 0.05) is 7.11 Å². The molecule has 5 rings (SSSR count). The number of allylic oxidation sites excluding steroid dienone is 2. The summed E-state index contributed by atoms with van der Waals surface area (Å²) in [5.74, 6) is 1.79. The summed E-state index contributed by atoms with van der Waals surface area (Å²) in [4.78, 5) is 13.4.